The minimum Gasteiger partial charge on any atom is -0.455 e. The minimum atomic E-state index is -0.165. The van der Waals surface area contributed by atoms with Crippen LogP contribution in [0.1, 0.15) is 37.1 Å². The number of imidazole rings is 1. The summed E-state index contributed by atoms with van der Waals surface area (Å²) in [5.41, 5.74) is 0. The molecular formula is C17H26N4O2S. The number of aryl methyl sites for hydroxylation is 1. The topological polar surface area (TPSA) is 63.3 Å². The Morgan fingerprint density at radius 1 is 1.42 bits per heavy atom. The fraction of sp³-hybridized carbons (Fsp3) is 0.529. The average Bonchev–Trinajstić information content (AvgIpc) is 3.20. The number of carbonyl (C=O) groups excluding carboxylic acids is 1. The highest BCUT2D eigenvalue weighted by Gasteiger charge is 2.15. The van der Waals surface area contributed by atoms with E-state index in [0.717, 1.165) is 24.0 Å². The van der Waals surface area contributed by atoms with Crippen LogP contribution in [0.5, 0.6) is 0 Å². The first-order chi connectivity index (χ1) is 11.5. The number of likely N-dealkylation sites (N-methyl/N-ethyl adjacent to an activating group) is 1. The molecule has 0 aliphatic carbocycles. The minimum absolute atomic E-state index is 0.165. The molecule has 0 saturated heterocycles. The van der Waals surface area contributed by atoms with Crippen LogP contribution in [0.15, 0.2) is 34.1 Å². The van der Waals surface area contributed by atoms with Gasteiger partial charge in [0.15, 0.2) is 10.9 Å². The summed E-state index contributed by atoms with van der Waals surface area (Å²) in [7, 11) is 1.95. The molecule has 1 atom stereocenters. The van der Waals surface area contributed by atoms with E-state index in [0.29, 0.717) is 24.1 Å². The van der Waals surface area contributed by atoms with Crippen molar-refractivity contribution in [1.29, 1.82) is 0 Å². The molecule has 0 spiro atoms. The van der Waals surface area contributed by atoms with Crippen LogP contribution in [0.3, 0.4) is 0 Å². The quantitative estimate of drug-likeness (QED) is 0.705. The van der Waals surface area contributed by atoms with Crippen molar-refractivity contribution in [2.24, 2.45) is 7.05 Å². The summed E-state index contributed by atoms with van der Waals surface area (Å²) in [6.45, 7) is 8.92. The SMILES string of the molecule is CCN(CC)C(C)CNC(=O)c1ccc(CSc2nccn2C)o1. The Morgan fingerprint density at radius 3 is 2.79 bits per heavy atom. The van der Waals surface area contributed by atoms with Gasteiger partial charge in [-0.1, -0.05) is 25.6 Å². The van der Waals surface area contributed by atoms with Crippen LogP contribution in [0.4, 0.5) is 0 Å². The molecule has 6 nitrogen and oxygen atoms in total. The second kappa shape index (κ2) is 8.94. The zero-order valence-electron chi connectivity index (χ0n) is 14.8. The molecule has 7 heteroatoms. The highest BCUT2D eigenvalue weighted by Crippen LogP contribution is 2.21. The van der Waals surface area contributed by atoms with Crippen LogP contribution >= 0.6 is 11.8 Å². The van der Waals surface area contributed by atoms with Crippen molar-refractivity contribution in [2.45, 2.75) is 37.7 Å². The second-order valence-corrected chi connectivity index (χ2v) is 6.60. The Balaban J connectivity index is 1.83. The summed E-state index contributed by atoms with van der Waals surface area (Å²) in [5, 5.41) is 3.86. The van der Waals surface area contributed by atoms with Crippen LogP contribution in [-0.2, 0) is 12.8 Å². The molecule has 0 fully saturated rings. The molecule has 0 aromatic carbocycles. The molecular weight excluding hydrogens is 324 g/mol. The first kappa shape index (κ1) is 18.6. The normalized spacial score (nSPS) is 12.5. The number of nitrogens with one attached hydrogen (secondary N) is 1. The molecule has 132 valence electrons. The predicted octanol–water partition coefficient (Wildman–Crippen LogP) is 2.77. The van der Waals surface area contributed by atoms with Crippen molar-refractivity contribution in [3.63, 3.8) is 0 Å². The molecule has 0 bridgehead atoms. The summed E-state index contributed by atoms with van der Waals surface area (Å²) in [4.78, 5) is 18.8. The highest BCUT2D eigenvalue weighted by molar-refractivity contribution is 7.98. The molecule has 0 aliphatic rings. The first-order valence-corrected chi connectivity index (χ1v) is 9.24. The Hall–Kier alpha value is -1.73. The van der Waals surface area contributed by atoms with E-state index >= 15 is 0 Å². The van der Waals surface area contributed by atoms with Gasteiger partial charge >= 0.3 is 0 Å². The third-order valence-electron chi connectivity index (χ3n) is 4.00. The standard InChI is InChI=1S/C17H26N4O2S/c1-5-21(6-2)13(3)11-19-16(22)15-8-7-14(23-15)12-24-17-18-9-10-20(17)4/h7-10,13H,5-6,11-12H2,1-4H3,(H,19,22). The molecule has 1 N–H and O–H groups in total. The van der Waals surface area contributed by atoms with Crippen LogP contribution in [0, 0.1) is 0 Å². The lowest BCUT2D eigenvalue weighted by atomic mass is 10.2. The monoisotopic (exact) mass is 350 g/mol. The Bertz CT molecular complexity index is 649. The lowest BCUT2D eigenvalue weighted by Gasteiger charge is -2.26. The lowest BCUT2D eigenvalue weighted by molar-refractivity contribution is 0.0909. The van der Waals surface area contributed by atoms with E-state index in [2.05, 4.69) is 36.0 Å². The fourth-order valence-corrected chi connectivity index (χ4v) is 3.33. The molecule has 2 heterocycles. The van der Waals surface area contributed by atoms with E-state index in [4.69, 9.17) is 4.42 Å². The zero-order valence-corrected chi connectivity index (χ0v) is 15.6. The summed E-state index contributed by atoms with van der Waals surface area (Å²) >= 11 is 1.58. The highest BCUT2D eigenvalue weighted by atomic mass is 32.2. The van der Waals surface area contributed by atoms with Crippen LogP contribution in [0.25, 0.3) is 0 Å². The molecule has 1 amide bonds. The molecule has 2 rings (SSSR count). The van der Waals surface area contributed by atoms with Gasteiger partial charge in [0.25, 0.3) is 5.91 Å². The number of hydrogen-bond donors (Lipinski definition) is 1. The van der Waals surface area contributed by atoms with Gasteiger partial charge in [-0.25, -0.2) is 4.98 Å². The maximum absolute atomic E-state index is 12.2. The van der Waals surface area contributed by atoms with E-state index in [1.165, 1.54) is 0 Å². The van der Waals surface area contributed by atoms with Gasteiger partial charge in [-0.15, -0.1) is 0 Å². The van der Waals surface area contributed by atoms with Gasteiger partial charge in [0.2, 0.25) is 0 Å². The van der Waals surface area contributed by atoms with Gasteiger partial charge in [-0.2, -0.15) is 0 Å². The number of furan rings is 1. The fourth-order valence-electron chi connectivity index (χ4n) is 2.51. The van der Waals surface area contributed by atoms with E-state index in [1.807, 2.05) is 23.9 Å². The molecule has 0 radical (unpaired) electrons. The van der Waals surface area contributed by atoms with Crippen LogP contribution < -0.4 is 5.32 Å². The van der Waals surface area contributed by atoms with Crippen LogP contribution in [-0.4, -0.2) is 46.0 Å². The molecule has 2 aromatic heterocycles. The number of aromatic nitrogens is 2. The third-order valence-corrected chi connectivity index (χ3v) is 5.08. The number of rotatable bonds is 9. The van der Waals surface area contributed by atoms with Crippen LogP contribution in [0.2, 0.25) is 0 Å². The van der Waals surface area contributed by atoms with E-state index in [9.17, 15) is 4.79 Å². The van der Waals surface area contributed by atoms with Gasteiger partial charge in [0.05, 0.1) is 5.75 Å². The van der Waals surface area contributed by atoms with Gasteiger partial charge < -0.3 is 14.3 Å². The smallest absolute Gasteiger partial charge is 0.287 e. The van der Waals surface area contributed by atoms with E-state index in [-0.39, 0.29) is 5.91 Å². The summed E-state index contributed by atoms with van der Waals surface area (Å²) in [5.74, 6) is 1.61. The number of amides is 1. The molecule has 24 heavy (non-hydrogen) atoms. The number of nitrogens with zero attached hydrogens (tertiary/aromatic N) is 3. The predicted molar refractivity (Wildman–Crippen MR) is 96.2 cm³/mol. The second-order valence-electron chi connectivity index (χ2n) is 5.66. The maximum atomic E-state index is 12.2. The Kier molecular flexibility index (Phi) is 6.93. The first-order valence-electron chi connectivity index (χ1n) is 8.26. The van der Waals surface area contributed by atoms with Crippen molar-refractivity contribution in [3.05, 3.63) is 36.0 Å². The number of hydrogen-bond acceptors (Lipinski definition) is 5. The molecule has 0 aliphatic heterocycles. The summed E-state index contributed by atoms with van der Waals surface area (Å²) in [6.07, 6.45) is 3.67. The number of carbonyl (C=O) groups is 1. The van der Waals surface area contributed by atoms with Crippen molar-refractivity contribution < 1.29 is 9.21 Å². The summed E-state index contributed by atoms with van der Waals surface area (Å²) < 4.78 is 7.60. The van der Waals surface area contributed by atoms with Crippen molar-refractivity contribution >= 4 is 17.7 Å². The van der Waals surface area contributed by atoms with Gasteiger partial charge in [0.1, 0.15) is 5.76 Å². The summed E-state index contributed by atoms with van der Waals surface area (Å²) in [6, 6.07) is 3.88. The van der Waals surface area contributed by atoms with E-state index in [1.54, 1.807) is 24.0 Å². The third kappa shape index (κ3) is 4.88. The van der Waals surface area contributed by atoms with Crippen molar-refractivity contribution in [1.82, 2.24) is 19.8 Å². The zero-order chi connectivity index (χ0) is 17.5. The Labute approximate surface area is 147 Å². The molecule has 2 aromatic rings. The number of thioether (sulfide) groups is 1. The van der Waals surface area contributed by atoms with E-state index < -0.39 is 0 Å². The van der Waals surface area contributed by atoms with Crippen molar-refractivity contribution in [3.8, 4) is 0 Å². The van der Waals surface area contributed by atoms with Gasteiger partial charge in [-0.3, -0.25) is 9.69 Å². The Morgan fingerprint density at radius 2 is 2.17 bits per heavy atom. The molecule has 0 saturated carbocycles. The van der Waals surface area contributed by atoms with Crippen molar-refractivity contribution in [2.75, 3.05) is 19.6 Å². The molecule has 1 unspecified atom stereocenters. The van der Waals surface area contributed by atoms with Gasteiger partial charge in [-0.05, 0) is 32.1 Å². The largest absolute Gasteiger partial charge is 0.455 e. The maximum Gasteiger partial charge on any atom is 0.287 e. The lowest BCUT2D eigenvalue weighted by Crippen LogP contribution is -2.41. The van der Waals surface area contributed by atoms with Gasteiger partial charge in [0, 0.05) is 32.0 Å². The average molecular weight is 350 g/mol.